The Bertz CT molecular complexity index is 1010. The Morgan fingerprint density at radius 3 is 2.70 bits per heavy atom. The highest BCUT2D eigenvalue weighted by atomic mass is 35.5. The second-order valence-corrected chi connectivity index (χ2v) is 6.35. The van der Waals surface area contributed by atoms with Crippen LogP contribution < -0.4 is 20.5 Å². The number of benzene rings is 2. The molecule has 0 aliphatic carbocycles. The number of nitrogens with zero attached hydrogens (tertiary/aromatic N) is 2. The summed E-state index contributed by atoms with van der Waals surface area (Å²) < 4.78 is 10.7. The van der Waals surface area contributed by atoms with Crippen molar-refractivity contribution in [2.24, 2.45) is 5.73 Å². The predicted octanol–water partition coefficient (Wildman–Crippen LogP) is 3.29. The van der Waals surface area contributed by atoms with Crippen LogP contribution in [0.3, 0.4) is 0 Å². The van der Waals surface area contributed by atoms with Crippen LogP contribution in [0.15, 0.2) is 48.7 Å². The van der Waals surface area contributed by atoms with Gasteiger partial charge in [0.2, 0.25) is 12.7 Å². The van der Waals surface area contributed by atoms with E-state index in [4.69, 9.17) is 26.8 Å². The number of hydrogen-bond donors (Lipinski definition) is 2. The van der Waals surface area contributed by atoms with Gasteiger partial charge in [-0.25, -0.2) is 9.97 Å². The van der Waals surface area contributed by atoms with Crippen molar-refractivity contribution in [2.45, 2.75) is 6.42 Å². The zero-order valence-electron chi connectivity index (χ0n) is 14.1. The molecule has 136 valence electrons. The fourth-order valence-corrected chi connectivity index (χ4v) is 2.85. The summed E-state index contributed by atoms with van der Waals surface area (Å²) in [6.45, 7) is 0.202. The standard InChI is InChI=1S/C19H15ClN4O3/c20-12-2-4-13(5-3-12)23-19-22-9-14(18(21)25)15(24-19)7-11-1-6-16-17(8-11)27-10-26-16/h1-6,8-9H,7,10H2,(H2,21,25)(H,22,23,24). The van der Waals surface area contributed by atoms with E-state index in [1.165, 1.54) is 6.20 Å². The predicted molar refractivity (Wildman–Crippen MR) is 101 cm³/mol. The minimum atomic E-state index is -0.580. The van der Waals surface area contributed by atoms with Crippen LogP contribution >= 0.6 is 11.6 Å². The topological polar surface area (TPSA) is 99.4 Å². The molecule has 1 aliphatic heterocycles. The molecule has 0 radical (unpaired) electrons. The molecule has 1 aromatic heterocycles. The summed E-state index contributed by atoms with van der Waals surface area (Å²) >= 11 is 5.90. The number of aromatic nitrogens is 2. The first-order chi connectivity index (χ1) is 13.1. The first kappa shape index (κ1) is 17.1. The lowest BCUT2D eigenvalue weighted by atomic mass is 10.1. The van der Waals surface area contributed by atoms with Crippen molar-refractivity contribution in [1.82, 2.24) is 9.97 Å². The molecular formula is C19H15ClN4O3. The number of amides is 1. The van der Waals surface area contributed by atoms with Crippen LogP contribution in [0.25, 0.3) is 0 Å². The van der Waals surface area contributed by atoms with E-state index in [1.807, 2.05) is 30.3 Å². The first-order valence-electron chi connectivity index (χ1n) is 8.15. The molecule has 27 heavy (non-hydrogen) atoms. The second-order valence-electron chi connectivity index (χ2n) is 5.91. The van der Waals surface area contributed by atoms with Crippen molar-refractivity contribution in [3.8, 4) is 11.5 Å². The monoisotopic (exact) mass is 382 g/mol. The van der Waals surface area contributed by atoms with Crippen molar-refractivity contribution in [2.75, 3.05) is 12.1 Å². The number of halogens is 1. The Kier molecular flexibility index (Phi) is 4.52. The van der Waals surface area contributed by atoms with Crippen molar-refractivity contribution >= 4 is 29.1 Å². The van der Waals surface area contributed by atoms with Crippen molar-refractivity contribution in [3.63, 3.8) is 0 Å². The fraction of sp³-hybridized carbons (Fsp3) is 0.105. The van der Waals surface area contributed by atoms with E-state index < -0.39 is 5.91 Å². The molecule has 8 heteroatoms. The molecule has 2 heterocycles. The molecule has 3 N–H and O–H groups in total. The number of ether oxygens (including phenoxy) is 2. The van der Waals surface area contributed by atoms with Crippen LogP contribution in [-0.4, -0.2) is 22.7 Å². The average molecular weight is 383 g/mol. The molecule has 1 amide bonds. The minimum Gasteiger partial charge on any atom is -0.454 e. The maximum Gasteiger partial charge on any atom is 0.252 e. The summed E-state index contributed by atoms with van der Waals surface area (Å²) in [6.07, 6.45) is 1.82. The SMILES string of the molecule is NC(=O)c1cnc(Nc2ccc(Cl)cc2)nc1Cc1ccc2c(c1)OCO2. The molecule has 0 bridgehead atoms. The normalized spacial score (nSPS) is 12.0. The molecule has 0 saturated carbocycles. The Hall–Kier alpha value is -3.32. The molecular weight excluding hydrogens is 368 g/mol. The number of fused-ring (bicyclic) bond motifs is 1. The minimum absolute atomic E-state index is 0.202. The maximum atomic E-state index is 11.8. The van der Waals surface area contributed by atoms with E-state index in [2.05, 4.69) is 15.3 Å². The number of rotatable bonds is 5. The largest absolute Gasteiger partial charge is 0.454 e. The van der Waals surface area contributed by atoms with Gasteiger partial charge < -0.3 is 20.5 Å². The summed E-state index contributed by atoms with van der Waals surface area (Å²) in [7, 11) is 0. The third-order valence-corrected chi connectivity index (χ3v) is 4.29. The molecule has 0 atom stereocenters. The summed E-state index contributed by atoms with van der Waals surface area (Å²) in [5.74, 6) is 1.14. The third kappa shape index (κ3) is 3.78. The van der Waals surface area contributed by atoms with Crippen LogP contribution in [0.4, 0.5) is 11.6 Å². The number of carbonyl (C=O) groups is 1. The van der Waals surface area contributed by atoms with Gasteiger partial charge in [0.25, 0.3) is 5.91 Å². The molecule has 2 aromatic carbocycles. The molecule has 0 saturated heterocycles. The highest BCUT2D eigenvalue weighted by molar-refractivity contribution is 6.30. The number of anilines is 2. The lowest BCUT2D eigenvalue weighted by molar-refractivity contribution is 0.0998. The van der Waals surface area contributed by atoms with Crippen molar-refractivity contribution < 1.29 is 14.3 Å². The summed E-state index contributed by atoms with van der Waals surface area (Å²) in [5.41, 5.74) is 7.97. The molecule has 7 nitrogen and oxygen atoms in total. The number of hydrogen-bond acceptors (Lipinski definition) is 6. The Balaban J connectivity index is 1.63. The van der Waals surface area contributed by atoms with Crippen LogP contribution in [0.5, 0.6) is 11.5 Å². The van der Waals surface area contributed by atoms with E-state index in [0.29, 0.717) is 34.6 Å². The maximum absolute atomic E-state index is 11.8. The van der Waals surface area contributed by atoms with Gasteiger partial charge in [-0.3, -0.25) is 4.79 Å². The van der Waals surface area contributed by atoms with Crippen LogP contribution in [-0.2, 0) is 6.42 Å². The van der Waals surface area contributed by atoms with Gasteiger partial charge in [0.05, 0.1) is 11.3 Å². The smallest absolute Gasteiger partial charge is 0.252 e. The lowest BCUT2D eigenvalue weighted by Crippen LogP contribution is -2.16. The van der Waals surface area contributed by atoms with Gasteiger partial charge in [-0.05, 0) is 42.0 Å². The Morgan fingerprint density at radius 1 is 1.15 bits per heavy atom. The first-order valence-corrected chi connectivity index (χ1v) is 8.53. The molecule has 0 unspecified atom stereocenters. The highest BCUT2D eigenvalue weighted by Crippen LogP contribution is 2.33. The summed E-state index contributed by atoms with van der Waals surface area (Å²) in [6, 6.07) is 12.7. The van der Waals surface area contributed by atoms with Crippen LogP contribution in [0, 0.1) is 0 Å². The molecule has 0 fully saturated rings. The van der Waals surface area contributed by atoms with Crippen molar-refractivity contribution in [3.05, 3.63) is 70.5 Å². The molecule has 3 aromatic rings. The second kappa shape index (κ2) is 7.13. The van der Waals surface area contributed by atoms with Gasteiger partial charge in [-0.2, -0.15) is 0 Å². The van der Waals surface area contributed by atoms with E-state index in [0.717, 1.165) is 11.3 Å². The molecule has 1 aliphatic rings. The van der Waals surface area contributed by atoms with Gasteiger partial charge >= 0.3 is 0 Å². The van der Waals surface area contributed by atoms with Crippen LogP contribution in [0.1, 0.15) is 21.6 Å². The summed E-state index contributed by atoms with van der Waals surface area (Å²) in [4.78, 5) is 20.4. The van der Waals surface area contributed by atoms with Gasteiger partial charge in [-0.15, -0.1) is 0 Å². The number of nitrogens with two attached hydrogens (primary N) is 1. The average Bonchev–Trinajstić information content (AvgIpc) is 3.11. The van der Waals surface area contributed by atoms with Crippen LogP contribution in [0.2, 0.25) is 5.02 Å². The van der Waals surface area contributed by atoms with E-state index in [1.54, 1.807) is 12.1 Å². The number of primary amides is 1. The van der Waals surface area contributed by atoms with E-state index in [-0.39, 0.29) is 12.4 Å². The van der Waals surface area contributed by atoms with Gasteiger partial charge in [0.15, 0.2) is 11.5 Å². The molecule has 0 spiro atoms. The lowest BCUT2D eigenvalue weighted by Gasteiger charge is -2.10. The van der Waals surface area contributed by atoms with Gasteiger partial charge in [0.1, 0.15) is 0 Å². The number of carbonyl (C=O) groups excluding carboxylic acids is 1. The fourth-order valence-electron chi connectivity index (χ4n) is 2.72. The highest BCUT2D eigenvalue weighted by Gasteiger charge is 2.17. The Morgan fingerprint density at radius 2 is 1.93 bits per heavy atom. The third-order valence-electron chi connectivity index (χ3n) is 4.04. The quantitative estimate of drug-likeness (QED) is 0.702. The van der Waals surface area contributed by atoms with Crippen molar-refractivity contribution in [1.29, 1.82) is 0 Å². The van der Waals surface area contributed by atoms with E-state index in [9.17, 15) is 4.79 Å². The Labute approximate surface area is 160 Å². The van der Waals surface area contributed by atoms with Gasteiger partial charge in [0, 0.05) is 23.3 Å². The zero-order valence-corrected chi connectivity index (χ0v) is 14.9. The summed E-state index contributed by atoms with van der Waals surface area (Å²) in [5, 5.41) is 3.72. The molecule has 4 rings (SSSR count). The van der Waals surface area contributed by atoms with E-state index >= 15 is 0 Å². The van der Waals surface area contributed by atoms with Gasteiger partial charge in [-0.1, -0.05) is 17.7 Å². The number of nitrogens with one attached hydrogen (secondary N) is 1. The zero-order chi connectivity index (χ0) is 18.8.